The number of halogens is 2. The van der Waals surface area contributed by atoms with Crippen LogP contribution in [0.5, 0.6) is 0 Å². The molecule has 2 saturated heterocycles. The van der Waals surface area contributed by atoms with E-state index in [2.05, 4.69) is 4.74 Å². The van der Waals surface area contributed by atoms with Crippen molar-refractivity contribution in [1.29, 1.82) is 0 Å². The average Bonchev–Trinajstić information content (AvgIpc) is 2.68. The maximum absolute atomic E-state index is 13.6. The lowest BCUT2D eigenvalue weighted by atomic mass is 9.92. The minimum absolute atomic E-state index is 0.0102. The molecular weight excluding hydrogens is 192 g/mol. The van der Waals surface area contributed by atoms with Crippen LogP contribution in [0.3, 0.4) is 0 Å². The van der Waals surface area contributed by atoms with Gasteiger partial charge in [-0.05, 0) is 19.4 Å². The van der Waals surface area contributed by atoms with Crippen LogP contribution in [0.1, 0.15) is 12.8 Å². The highest BCUT2D eigenvalue weighted by Gasteiger charge is 2.62. The monoisotopic (exact) mass is 205 g/mol. The zero-order valence-corrected chi connectivity index (χ0v) is 8.00. The summed E-state index contributed by atoms with van der Waals surface area (Å²) in [6.07, 6.45) is -2.21. The van der Waals surface area contributed by atoms with Crippen LogP contribution in [-0.2, 0) is 9.53 Å². The molecule has 0 amide bonds. The van der Waals surface area contributed by atoms with Gasteiger partial charge in [0, 0.05) is 6.54 Å². The fourth-order valence-corrected chi connectivity index (χ4v) is 2.59. The number of hydrogen-bond acceptors (Lipinski definition) is 3. The molecule has 0 aromatic heterocycles. The molecule has 2 aliphatic heterocycles. The highest BCUT2D eigenvalue weighted by atomic mass is 19.2. The van der Waals surface area contributed by atoms with Crippen LogP contribution < -0.4 is 0 Å². The summed E-state index contributed by atoms with van der Waals surface area (Å²) in [7, 11) is 1.21. The van der Waals surface area contributed by atoms with Gasteiger partial charge >= 0.3 is 5.97 Å². The first kappa shape index (κ1) is 9.83. The molecule has 3 unspecified atom stereocenters. The van der Waals surface area contributed by atoms with Crippen molar-refractivity contribution in [3.05, 3.63) is 0 Å². The summed E-state index contributed by atoms with van der Waals surface area (Å²) in [5.74, 6) is -0.636. The lowest BCUT2D eigenvalue weighted by molar-refractivity contribution is -0.154. The van der Waals surface area contributed by atoms with Crippen molar-refractivity contribution >= 4 is 5.97 Å². The van der Waals surface area contributed by atoms with Gasteiger partial charge in [-0.2, -0.15) is 0 Å². The number of carbonyl (C=O) groups excluding carboxylic acids is 1. The lowest BCUT2D eigenvalue weighted by Gasteiger charge is -2.29. The zero-order valence-electron chi connectivity index (χ0n) is 8.00. The normalized spacial score (nSPS) is 42.5. The van der Waals surface area contributed by atoms with E-state index in [4.69, 9.17) is 0 Å². The molecule has 80 valence electrons. The number of rotatable bonds is 1. The predicted molar refractivity (Wildman–Crippen MR) is 45.3 cm³/mol. The number of hydrogen-bond donors (Lipinski definition) is 0. The third-order valence-corrected chi connectivity index (χ3v) is 3.26. The standard InChI is InChI=1S/C9H13F2NO2/c1-14-8(13)9-3-2-4-12(9)5-6(10)7(9)11/h6-7H,2-5H2,1H3. The molecule has 0 saturated carbocycles. The first-order valence-corrected chi connectivity index (χ1v) is 4.74. The van der Waals surface area contributed by atoms with Gasteiger partial charge < -0.3 is 4.74 Å². The number of carbonyl (C=O) groups is 1. The van der Waals surface area contributed by atoms with Crippen LogP contribution >= 0.6 is 0 Å². The number of alkyl halides is 2. The SMILES string of the molecule is COC(=O)C12CCCN1CC(F)C2F. The van der Waals surface area contributed by atoms with Crippen molar-refractivity contribution in [1.82, 2.24) is 4.90 Å². The first-order chi connectivity index (χ1) is 6.63. The predicted octanol–water partition coefficient (Wildman–Crippen LogP) is 0.684. The smallest absolute Gasteiger partial charge is 0.329 e. The van der Waals surface area contributed by atoms with Crippen molar-refractivity contribution < 1.29 is 18.3 Å². The van der Waals surface area contributed by atoms with E-state index in [1.807, 2.05) is 0 Å². The van der Waals surface area contributed by atoms with Gasteiger partial charge in [0.15, 0.2) is 11.7 Å². The highest BCUT2D eigenvalue weighted by Crippen LogP contribution is 2.42. The summed E-state index contributed by atoms with van der Waals surface area (Å²) in [6.45, 7) is 0.589. The van der Waals surface area contributed by atoms with Gasteiger partial charge in [0.25, 0.3) is 0 Å². The van der Waals surface area contributed by atoms with E-state index in [1.165, 1.54) is 7.11 Å². The summed E-state index contributed by atoms with van der Waals surface area (Å²) >= 11 is 0. The molecule has 0 N–H and O–H groups in total. The van der Waals surface area contributed by atoms with E-state index >= 15 is 0 Å². The van der Waals surface area contributed by atoms with Crippen molar-refractivity contribution in [3.63, 3.8) is 0 Å². The van der Waals surface area contributed by atoms with Crippen LogP contribution in [0.2, 0.25) is 0 Å². The molecule has 14 heavy (non-hydrogen) atoms. The molecule has 2 aliphatic rings. The lowest BCUT2D eigenvalue weighted by Crippen LogP contribution is -2.52. The Labute approximate surface area is 81.0 Å². The van der Waals surface area contributed by atoms with Crippen LogP contribution in [-0.4, -0.2) is 49.0 Å². The Morgan fingerprint density at radius 3 is 2.93 bits per heavy atom. The third-order valence-electron chi connectivity index (χ3n) is 3.26. The Kier molecular flexibility index (Phi) is 2.21. The zero-order chi connectivity index (χ0) is 10.3. The molecule has 2 heterocycles. The largest absolute Gasteiger partial charge is 0.468 e. The molecular formula is C9H13F2NO2. The Bertz CT molecular complexity index is 257. The molecule has 0 bridgehead atoms. The summed E-state index contributed by atoms with van der Waals surface area (Å²) < 4.78 is 31.4. The average molecular weight is 205 g/mol. The van der Waals surface area contributed by atoms with Crippen LogP contribution in [0.4, 0.5) is 8.78 Å². The number of fused-ring (bicyclic) bond motifs is 1. The summed E-state index contributed by atoms with van der Waals surface area (Å²) in [5.41, 5.74) is -1.33. The second-order valence-corrected chi connectivity index (χ2v) is 3.88. The van der Waals surface area contributed by atoms with Gasteiger partial charge in [0.1, 0.15) is 6.17 Å². The van der Waals surface area contributed by atoms with Crippen LogP contribution in [0.25, 0.3) is 0 Å². The van der Waals surface area contributed by atoms with Crippen molar-refractivity contribution in [2.24, 2.45) is 0 Å². The molecule has 2 rings (SSSR count). The molecule has 5 heteroatoms. The van der Waals surface area contributed by atoms with E-state index in [9.17, 15) is 13.6 Å². The molecule has 0 aromatic rings. The topological polar surface area (TPSA) is 29.5 Å². The molecule has 0 aromatic carbocycles. The number of ether oxygens (including phenoxy) is 1. The third kappa shape index (κ3) is 1.02. The van der Waals surface area contributed by atoms with E-state index in [0.717, 1.165) is 6.42 Å². The van der Waals surface area contributed by atoms with Crippen LogP contribution in [0, 0.1) is 0 Å². The first-order valence-electron chi connectivity index (χ1n) is 4.74. The van der Waals surface area contributed by atoms with E-state index in [-0.39, 0.29) is 6.54 Å². The Hall–Kier alpha value is -0.710. The highest BCUT2D eigenvalue weighted by molar-refractivity contribution is 5.83. The summed E-state index contributed by atoms with van der Waals surface area (Å²) in [4.78, 5) is 13.1. The maximum Gasteiger partial charge on any atom is 0.329 e. The molecule has 2 fully saturated rings. The maximum atomic E-state index is 13.6. The molecule has 3 atom stereocenters. The Morgan fingerprint density at radius 2 is 2.29 bits per heavy atom. The van der Waals surface area contributed by atoms with Crippen molar-refractivity contribution in [2.45, 2.75) is 30.7 Å². The minimum Gasteiger partial charge on any atom is -0.468 e. The van der Waals surface area contributed by atoms with E-state index < -0.39 is 23.9 Å². The fraction of sp³-hybridized carbons (Fsp3) is 0.889. The summed E-state index contributed by atoms with van der Waals surface area (Å²) in [5, 5.41) is 0. The quantitative estimate of drug-likeness (QED) is 0.590. The molecule has 0 spiro atoms. The van der Waals surface area contributed by atoms with Crippen molar-refractivity contribution in [2.75, 3.05) is 20.2 Å². The summed E-state index contributed by atoms with van der Waals surface area (Å²) in [6, 6.07) is 0. The molecule has 3 nitrogen and oxygen atoms in total. The molecule has 0 aliphatic carbocycles. The van der Waals surface area contributed by atoms with Crippen molar-refractivity contribution in [3.8, 4) is 0 Å². The molecule has 0 radical (unpaired) electrons. The Balaban J connectivity index is 2.32. The van der Waals surface area contributed by atoms with Crippen LogP contribution in [0.15, 0.2) is 0 Å². The van der Waals surface area contributed by atoms with Gasteiger partial charge in [-0.15, -0.1) is 0 Å². The second-order valence-electron chi connectivity index (χ2n) is 3.88. The fourth-order valence-electron chi connectivity index (χ4n) is 2.59. The van der Waals surface area contributed by atoms with Gasteiger partial charge in [-0.1, -0.05) is 0 Å². The number of esters is 1. The van der Waals surface area contributed by atoms with Gasteiger partial charge in [-0.3, -0.25) is 4.90 Å². The van der Waals surface area contributed by atoms with E-state index in [1.54, 1.807) is 4.90 Å². The number of methoxy groups -OCH3 is 1. The number of nitrogens with zero attached hydrogens (tertiary/aromatic N) is 1. The van der Waals surface area contributed by atoms with Gasteiger partial charge in [-0.25, -0.2) is 13.6 Å². The second kappa shape index (κ2) is 3.15. The Morgan fingerprint density at radius 1 is 1.57 bits per heavy atom. The van der Waals surface area contributed by atoms with Gasteiger partial charge in [0.05, 0.1) is 7.11 Å². The van der Waals surface area contributed by atoms with E-state index in [0.29, 0.717) is 13.0 Å². The van der Waals surface area contributed by atoms with Gasteiger partial charge in [0.2, 0.25) is 0 Å². The minimum atomic E-state index is -1.74.